The van der Waals surface area contributed by atoms with Gasteiger partial charge < -0.3 is 5.32 Å². The van der Waals surface area contributed by atoms with Crippen molar-refractivity contribution >= 4 is 11.3 Å². The number of hydrogen-bond acceptors (Lipinski definition) is 2. The quantitative estimate of drug-likeness (QED) is 0.863. The first-order valence-corrected chi connectivity index (χ1v) is 7.60. The Labute approximate surface area is 113 Å². The molecular weight excluding hydrogens is 238 g/mol. The number of fused-ring (bicyclic) bond motifs is 1. The van der Waals surface area contributed by atoms with Crippen LogP contribution in [0.4, 0.5) is 0 Å². The van der Waals surface area contributed by atoms with Gasteiger partial charge >= 0.3 is 0 Å². The highest BCUT2D eigenvalue weighted by atomic mass is 32.1. The van der Waals surface area contributed by atoms with E-state index in [-0.39, 0.29) is 0 Å². The molecule has 0 saturated heterocycles. The van der Waals surface area contributed by atoms with Gasteiger partial charge in [0.05, 0.1) is 0 Å². The van der Waals surface area contributed by atoms with E-state index in [1.54, 1.807) is 5.56 Å². The summed E-state index contributed by atoms with van der Waals surface area (Å²) in [6.07, 6.45) is 2.39. The zero-order chi connectivity index (χ0) is 12.4. The fourth-order valence-corrected chi connectivity index (χ4v) is 3.69. The Morgan fingerprint density at radius 3 is 2.89 bits per heavy atom. The van der Waals surface area contributed by atoms with Gasteiger partial charge in [0.15, 0.2) is 0 Å². The average molecular weight is 257 g/mol. The van der Waals surface area contributed by atoms with Gasteiger partial charge in [-0.3, -0.25) is 0 Å². The van der Waals surface area contributed by atoms with Crippen molar-refractivity contribution in [2.24, 2.45) is 0 Å². The first kappa shape index (κ1) is 11.9. The van der Waals surface area contributed by atoms with Crippen molar-refractivity contribution in [3.63, 3.8) is 0 Å². The van der Waals surface area contributed by atoms with E-state index in [2.05, 4.69) is 54.0 Å². The molecule has 2 heteroatoms. The smallest absolute Gasteiger partial charge is 0.0187 e. The van der Waals surface area contributed by atoms with Crippen LogP contribution in [0.2, 0.25) is 0 Å². The van der Waals surface area contributed by atoms with Crippen LogP contribution < -0.4 is 5.32 Å². The Morgan fingerprint density at radius 1 is 1.28 bits per heavy atom. The second kappa shape index (κ2) is 5.25. The summed E-state index contributed by atoms with van der Waals surface area (Å²) in [5.41, 5.74) is 3.09. The Kier molecular flexibility index (Phi) is 3.48. The number of rotatable bonds is 5. The third-order valence-electron chi connectivity index (χ3n) is 3.85. The normalized spacial score (nSPS) is 19.1. The van der Waals surface area contributed by atoms with Gasteiger partial charge in [-0.2, -0.15) is 0 Å². The number of likely N-dealkylation sites (N-methyl/N-ethyl adjacent to an activating group) is 1. The van der Waals surface area contributed by atoms with Crippen molar-refractivity contribution in [1.82, 2.24) is 5.32 Å². The minimum absolute atomic E-state index is 0.587. The van der Waals surface area contributed by atoms with Gasteiger partial charge in [0, 0.05) is 16.8 Å². The average Bonchev–Trinajstić information content (AvgIpc) is 2.84. The monoisotopic (exact) mass is 257 g/mol. The molecule has 0 saturated carbocycles. The summed E-state index contributed by atoms with van der Waals surface area (Å²) >= 11 is 1.87. The Morgan fingerprint density at radius 2 is 2.17 bits per heavy atom. The van der Waals surface area contributed by atoms with E-state index in [0.29, 0.717) is 12.0 Å². The summed E-state index contributed by atoms with van der Waals surface area (Å²) in [6, 6.07) is 13.9. The van der Waals surface area contributed by atoms with Crippen LogP contribution in [0, 0.1) is 0 Å². The van der Waals surface area contributed by atoms with E-state index in [1.807, 2.05) is 11.3 Å². The molecule has 1 N–H and O–H groups in total. The molecule has 1 aromatic heterocycles. The second-order valence-electron chi connectivity index (χ2n) is 4.96. The van der Waals surface area contributed by atoms with Gasteiger partial charge in [-0.25, -0.2) is 0 Å². The van der Waals surface area contributed by atoms with Crippen molar-refractivity contribution in [2.75, 3.05) is 6.54 Å². The van der Waals surface area contributed by atoms with Crippen LogP contribution in [0.5, 0.6) is 0 Å². The van der Waals surface area contributed by atoms with E-state index >= 15 is 0 Å². The van der Waals surface area contributed by atoms with Crippen molar-refractivity contribution in [3.05, 3.63) is 57.8 Å². The van der Waals surface area contributed by atoms with E-state index in [0.717, 1.165) is 13.0 Å². The van der Waals surface area contributed by atoms with Gasteiger partial charge in [0.25, 0.3) is 0 Å². The molecule has 1 nitrogen and oxygen atoms in total. The van der Waals surface area contributed by atoms with Crippen LogP contribution >= 0.6 is 11.3 Å². The zero-order valence-corrected chi connectivity index (χ0v) is 11.5. The first-order chi connectivity index (χ1) is 8.88. The number of thiophene rings is 1. The molecule has 1 heterocycles. The van der Waals surface area contributed by atoms with E-state index in [1.165, 1.54) is 16.9 Å². The molecule has 18 heavy (non-hydrogen) atoms. The highest BCUT2D eigenvalue weighted by Crippen LogP contribution is 2.38. The van der Waals surface area contributed by atoms with E-state index < -0.39 is 0 Å². The molecule has 2 aromatic rings. The molecule has 0 spiro atoms. The Balaban J connectivity index is 1.76. The lowest BCUT2D eigenvalue weighted by Crippen LogP contribution is -2.41. The molecule has 1 aliphatic carbocycles. The largest absolute Gasteiger partial charge is 0.313 e. The number of hydrogen-bond donors (Lipinski definition) is 1. The molecule has 2 unspecified atom stereocenters. The van der Waals surface area contributed by atoms with Gasteiger partial charge in [0.2, 0.25) is 0 Å². The van der Waals surface area contributed by atoms with Gasteiger partial charge in [0.1, 0.15) is 0 Å². The summed E-state index contributed by atoms with van der Waals surface area (Å²) in [6.45, 7) is 3.25. The third kappa shape index (κ3) is 2.23. The second-order valence-corrected chi connectivity index (χ2v) is 5.99. The van der Waals surface area contributed by atoms with Crippen LogP contribution in [-0.4, -0.2) is 12.6 Å². The maximum Gasteiger partial charge on any atom is 0.0187 e. The molecule has 0 amide bonds. The standard InChI is InChI=1S/C16H19NS/c1-2-17-16(11-13-7-5-9-18-13)15-10-12-6-3-4-8-14(12)15/h3-9,15-17H,2,10-11H2,1H3. The SMILES string of the molecule is CCNC(Cc1cccs1)C1Cc2ccccc21. The minimum atomic E-state index is 0.587. The van der Waals surface area contributed by atoms with Crippen molar-refractivity contribution in [3.8, 4) is 0 Å². The molecule has 0 fully saturated rings. The molecule has 94 valence electrons. The van der Waals surface area contributed by atoms with Crippen molar-refractivity contribution in [2.45, 2.75) is 31.7 Å². The van der Waals surface area contributed by atoms with Crippen molar-refractivity contribution in [1.29, 1.82) is 0 Å². The highest BCUT2D eigenvalue weighted by Gasteiger charge is 2.32. The predicted molar refractivity (Wildman–Crippen MR) is 78.4 cm³/mol. The summed E-state index contributed by atoms with van der Waals surface area (Å²) in [7, 11) is 0. The van der Waals surface area contributed by atoms with E-state index in [9.17, 15) is 0 Å². The first-order valence-electron chi connectivity index (χ1n) is 6.72. The third-order valence-corrected chi connectivity index (χ3v) is 4.75. The maximum absolute atomic E-state index is 3.67. The lowest BCUT2D eigenvalue weighted by Gasteiger charge is -2.37. The molecular formula is C16H19NS. The van der Waals surface area contributed by atoms with Crippen LogP contribution in [0.3, 0.4) is 0 Å². The highest BCUT2D eigenvalue weighted by molar-refractivity contribution is 7.09. The minimum Gasteiger partial charge on any atom is -0.313 e. The summed E-state index contributed by atoms with van der Waals surface area (Å²) in [5.74, 6) is 0.697. The summed E-state index contributed by atoms with van der Waals surface area (Å²) in [5, 5.41) is 5.84. The van der Waals surface area contributed by atoms with Crippen LogP contribution in [0.1, 0.15) is 28.8 Å². The van der Waals surface area contributed by atoms with E-state index in [4.69, 9.17) is 0 Å². The topological polar surface area (TPSA) is 12.0 Å². The number of nitrogens with one attached hydrogen (secondary N) is 1. The van der Waals surface area contributed by atoms with Crippen LogP contribution in [0.25, 0.3) is 0 Å². The molecule has 0 radical (unpaired) electrons. The zero-order valence-electron chi connectivity index (χ0n) is 10.7. The van der Waals surface area contributed by atoms with Crippen LogP contribution in [-0.2, 0) is 12.8 Å². The van der Waals surface area contributed by atoms with Gasteiger partial charge in [-0.1, -0.05) is 37.3 Å². The lowest BCUT2D eigenvalue weighted by molar-refractivity contribution is 0.406. The maximum atomic E-state index is 3.67. The number of benzene rings is 1. The molecule has 1 aromatic carbocycles. The Bertz CT molecular complexity index is 504. The van der Waals surface area contributed by atoms with Gasteiger partial charge in [-0.15, -0.1) is 11.3 Å². The fraction of sp³-hybridized carbons (Fsp3) is 0.375. The molecule has 3 rings (SSSR count). The fourth-order valence-electron chi connectivity index (χ4n) is 2.92. The molecule has 2 atom stereocenters. The molecule has 0 bridgehead atoms. The predicted octanol–water partition coefficient (Wildman–Crippen LogP) is 3.61. The Hall–Kier alpha value is -1.12. The van der Waals surface area contributed by atoms with Crippen LogP contribution in [0.15, 0.2) is 41.8 Å². The lowest BCUT2D eigenvalue weighted by atomic mass is 9.72. The summed E-state index contributed by atoms with van der Waals surface area (Å²) in [4.78, 5) is 1.49. The van der Waals surface area contributed by atoms with Crippen molar-refractivity contribution < 1.29 is 0 Å². The van der Waals surface area contributed by atoms with Gasteiger partial charge in [-0.05, 0) is 42.0 Å². The molecule has 0 aliphatic heterocycles. The molecule has 1 aliphatic rings. The summed E-state index contributed by atoms with van der Waals surface area (Å²) < 4.78 is 0.